The van der Waals surface area contributed by atoms with Crippen molar-refractivity contribution >= 4 is 11.9 Å². The summed E-state index contributed by atoms with van der Waals surface area (Å²) in [5.74, 6) is -1.75. The van der Waals surface area contributed by atoms with Crippen molar-refractivity contribution in [2.24, 2.45) is 29.1 Å². The Morgan fingerprint density at radius 3 is 2.58 bits per heavy atom. The molecule has 1 saturated heterocycles. The van der Waals surface area contributed by atoms with Crippen molar-refractivity contribution in [3.8, 4) is 0 Å². The second-order valence-corrected chi connectivity index (χ2v) is 11.3. The molecule has 1 aromatic carbocycles. The zero-order chi connectivity index (χ0) is 26.3. The maximum Gasteiger partial charge on any atom is 0.303 e. The van der Waals surface area contributed by atoms with Gasteiger partial charge in [-0.15, -0.1) is 0 Å². The van der Waals surface area contributed by atoms with E-state index >= 15 is 0 Å². The number of carbonyl (C=O) groups excluding carboxylic acids is 2. The molecule has 1 amide bonds. The van der Waals surface area contributed by atoms with Crippen LogP contribution in [0.1, 0.15) is 46.1 Å². The number of benzene rings is 1. The summed E-state index contributed by atoms with van der Waals surface area (Å²) in [6.45, 7) is 11.3. The number of rotatable bonds is 3. The predicted molar refractivity (Wildman–Crippen MR) is 139 cm³/mol. The molecule has 36 heavy (non-hydrogen) atoms. The smallest absolute Gasteiger partial charge is 0.303 e. The number of hydrogen-bond donors (Lipinski definition) is 3. The van der Waals surface area contributed by atoms with Crippen molar-refractivity contribution in [1.29, 1.82) is 0 Å². The highest BCUT2D eigenvalue weighted by Crippen LogP contribution is 2.58. The SMILES string of the molecule is C=C1[C@@H](C)C2[C@H](Cc3ccccc3)NC(=O)[C@]23[C@H](OC(C)=O)C=C[C@](C)(O)CC(C)CC=C[C@H]3[C@@H]1O. The average Bonchev–Trinajstić information content (AvgIpc) is 3.08. The van der Waals surface area contributed by atoms with E-state index < -0.39 is 35.1 Å². The fourth-order valence-corrected chi connectivity index (χ4v) is 6.90. The first-order valence-electron chi connectivity index (χ1n) is 12.9. The zero-order valence-corrected chi connectivity index (χ0v) is 21.7. The Morgan fingerprint density at radius 1 is 1.22 bits per heavy atom. The van der Waals surface area contributed by atoms with Crippen LogP contribution in [0.25, 0.3) is 0 Å². The highest BCUT2D eigenvalue weighted by molar-refractivity contribution is 5.89. The molecule has 1 saturated carbocycles. The van der Waals surface area contributed by atoms with E-state index in [-0.39, 0.29) is 29.7 Å². The average molecular weight is 494 g/mol. The van der Waals surface area contributed by atoms with Gasteiger partial charge in [-0.25, -0.2) is 0 Å². The minimum atomic E-state index is -1.26. The number of allylic oxidation sites excluding steroid dienone is 1. The monoisotopic (exact) mass is 493 g/mol. The molecule has 3 aliphatic rings. The van der Waals surface area contributed by atoms with Crippen molar-refractivity contribution < 1.29 is 24.5 Å². The van der Waals surface area contributed by atoms with Gasteiger partial charge in [0.2, 0.25) is 5.91 Å². The molecule has 0 aromatic heterocycles. The molecule has 0 radical (unpaired) electrons. The summed E-state index contributed by atoms with van der Waals surface area (Å²) in [6.07, 6.45) is 7.09. The minimum Gasteiger partial charge on any atom is -0.457 e. The maximum atomic E-state index is 14.2. The van der Waals surface area contributed by atoms with E-state index in [1.54, 1.807) is 19.1 Å². The number of esters is 1. The third kappa shape index (κ3) is 4.69. The van der Waals surface area contributed by atoms with E-state index in [0.717, 1.165) is 5.56 Å². The summed E-state index contributed by atoms with van der Waals surface area (Å²) in [6, 6.07) is 9.73. The molecule has 2 fully saturated rings. The predicted octanol–water partition coefficient (Wildman–Crippen LogP) is 3.74. The van der Waals surface area contributed by atoms with Gasteiger partial charge in [-0.3, -0.25) is 9.59 Å². The van der Waals surface area contributed by atoms with Gasteiger partial charge in [-0.05, 0) is 55.2 Å². The minimum absolute atomic E-state index is 0.170. The first-order chi connectivity index (χ1) is 17.0. The maximum absolute atomic E-state index is 14.2. The van der Waals surface area contributed by atoms with E-state index in [2.05, 4.69) is 18.8 Å². The normalized spacial score (nSPS) is 40.6. The molecule has 1 aromatic rings. The van der Waals surface area contributed by atoms with E-state index in [1.165, 1.54) is 6.92 Å². The Labute approximate surface area is 214 Å². The molecular weight excluding hydrogens is 454 g/mol. The largest absolute Gasteiger partial charge is 0.457 e. The molecule has 1 spiro atoms. The molecule has 1 aliphatic heterocycles. The lowest BCUT2D eigenvalue weighted by Gasteiger charge is -2.52. The van der Waals surface area contributed by atoms with Crippen molar-refractivity contribution in [2.45, 2.75) is 70.8 Å². The van der Waals surface area contributed by atoms with Gasteiger partial charge in [0.05, 0.1) is 11.7 Å². The van der Waals surface area contributed by atoms with Crippen LogP contribution in [0.15, 0.2) is 66.8 Å². The van der Waals surface area contributed by atoms with Crippen LogP contribution in [0.2, 0.25) is 0 Å². The summed E-state index contributed by atoms with van der Waals surface area (Å²) in [5.41, 5.74) is -0.635. The van der Waals surface area contributed by atoms with Crippen LogP contribution >= 0.6 is 0 Å². The first kappa shape index (κ1) is 26.4. The van der Waals surface area contributed by atoms with Crippen LogP contribution in [0.4, 0.5) is 0 Å². The fraction of sp³-hybridized carbons (Fsp3) is 0.533. The molecule has 194 valence electrons. The lowest BCUT2D eigenvalue weighted by atomic mass is 9.51. The summed E-state index contributed by atoms with van der Waals surface area (Å²) < 4.78 is 5.89. The third-order valence-corrected chi connectivity index (χ3v) is 8.43. The Morgan fingerprint density at radius 2 is 1.92 bits per heavy atom. The van der Waals surface area contributed by atoms with Gasteiger partial charge in [-0.1, -0.05) is 69.0 Å². The molecule has 2 unspecified atom stereocenters. The molecule has 6 nitrogen and oxygen atoms in total. The van der Waals surface area contributed by atoms with Crippen LogP contribution in [0.3, 0.4) is 0 Å². The fourth-order valence-electron chi connectivity index (χ4n) is 6.90. The standard InChI is InChI=1S/C30H39NO5/c1-18-10-9-13-23-27(33)20(3)19(2)26-24(16-22-11-7-6-8-12-22)31-28(34)30(23,26)25(36-21(4)32)14-15-29(5,35)17-18/h6-9,11-15,18-19,23-27,33,35H,3,10,16-17H2,1-2,4-5H3,(H,31,34)/t18?,19-,23+,24+,25-,26?,27-,29+,30-/m1/s1. The molecule has 0 bridgehead atoms. The lowest BCUT2D eigenvalue weighted by molar-refractivity contribution is -0.166. The third-order valence-electron chi connectivity index (χ3n) is 8.43. The van der Waals surface area contributed by atoms with Gasteiger partial charge >= 0.3 is 5.97 Å². The van der Waals surface area contributed by atoms with Crippen molar-refractivity contribution in [1.82, 2.24) is 5.32 Å². The van der Waals surface area contributed by atoms with Crippen LogP contribution in [0, 0.1) is 29.1 Å². The highest BCUT2D eigenvalue weighted by atomic mass is 16.5. The molecule has 9 atom stereocenters. The molecule has 6 heteroatoms. The number of ether oxygens (including phenoxy) is 1. The number of amides is 1. The number of hydrogen-bond acceptors (Lipinski definition) is 5. The van der Waals surface area contributed by atoms with Crippen molar-refractivity contribution in [3.05, 3.63) is 72.4 Å². The van der Waals surface area contributed by atoms with E-state index in [9.17, 15) is 19.8 Å². The number of nitrogens with one attached hydrogen (secondary N) is 1. The van der Waals surface area contributed by atoms with Crippen LogP contribution in [0.5, 0.6) is 0 Å². The molecular formula is C30H39NO5. The van der Waals surface area contributed by atoms with Crippen LogP contribution in [-0.2, 0) is 20.7 Å². The summed E-state index contributed by atoms with van der Waals surface area (Å²) in [4.78, 5) is 26.5. The quantitative estimate of drug-likeness (QED) is 0.440. The van der Waals surface area contributed by atoms with Crippen molar-refractivity contribution in [2.75, 3.05) is 0 Å². The van der Waals surface area contributed by atoms with E-state index in [1.807, 2.05) is 49.4 Å². The Hall–Kier alpha value is -2.70. The zero-order valence-electron chi connectivity index (χ0n) is 21.7. The van der Waals surface area contributed by atoms with E-state index in [0.29, 0.717) is 24.8 Å². The summed E-state index contributed by atoms with van der Waals surface area (Å²) in [7, 11) is 0. The van der Waals surface area contributed by atoms with Gasteiger partial charge in [0.1, 0.15) is 11.5 Å². The van der Waals surface area contributed by atoms with Gasteiger partial charge < -0.3 is 20.3 Å². The Balaban J connectivity index is 1.92. The Bertz CT molecular complexity index is 1060. The van der Waals surface area contributed by atoms with Crippen LogP contribution in [-0.4, -0.2) is 45.9 Å². The van der Waals surface area contributed by atoms with Crippen LogP contribution < -0.4 is 5.32 Å². The number of aliphatic hydroxyl groups is 2. The first-order valence-corrected chi connectivity index (χ1v) is 12.9. The van der Waals surface area contributed by atoms with E-state index in [4.69, 9.17) is 4.74 Å². The number of carbonyl (C=O) groups is 2. The summed E-state index contributed by atoms with van der Waals surface area (Å²) >= 11 is 0. The van der Waals surface area contributed by atoms with Gasteiger partial charge in [0.25, 0.3) is 0 Å². The second kappa shape index (κ2) is 9.98. The van der Waals surface area contributed by atoms with Crippen molar-refractivity contribution in [3.63, 3.8) is 0 Å². The van der Waals surface area contributed by atoms with Gasteiger partial charge in [-0.2, -0.15) is 0 Å². The summed E-state index contributed by atoms with van der Waals surface area (Å²) in [5, 5.41) is 25.8. The molecule has 4 rings (SSSR count). The van der Waals surface area contributed by atoms with Gasteiger partial charge in [0.15, 0.2) is 0 Å². The molecule has 1 heterocycles. The highest BCUT2D eigenvalue weighted by Gasteiger charge is 2.68. The Kier molecular flexibility index (Phi) is 7.31. The second-order valence-electron chi connectivity index (χ2n) is 11.3. The van der Waals surface area contributed by atoms with Gasteiger partial charge in [0, 0.05) is 24.8 Å². The molecule has 3 N–H and O–H groups in total. The lowest BCUT2D eigenvalue weighted by Crippen LogP contribution is -2.60. The topological polar surface area (TPSA) is 95.9 Å². The number of aliphatic hydroxyl groups excluding tert-OH is 1. The molecule has 2 aliphatic carbocycles.